The van der Waals surface area contributed by atoms with E-state index in [1.807, 2.05) is 23.6 Å². The van der Waals surface area contributed by atoms with Gasteiger partial charge in [-0.3, -0.25) is 0 Å². The van der Waals surface area contributed by atoms with Crippen LogP contribution in [0.1, 0.15) is 26.5 Å². The number of nitrogens with zero attached hydrogens (tertiary/aromatic N) is 1. The summed E-state index contributed by atoms with van der Waals surface area (Å²) < 4.78 is 0. The topological polar surface area (TPSA) is 45.8 Å². The molecular formula is C12H14N2OS. The van der Waals surface area contributed by atoms with Crippen LogP contribution in [-0.2, 0) is 5.41 Å². The Balaban J connectivity index is 2.57. The number of aromatic nitrogens is 2. The first-order valence-electron chi connectivity index (χ1n) is 5.12. The minimum Gasteiger partial charge on any atom is -0.309 e. The van der Waals surface area contributed by atoms with E-state index < -0.39 is 0 Å². The van der Waals surface area contributed by atoms with Crippen molar-refractivity contribution in [3.63, 3.8) is 0 Å². The maximum Gasteiger partial charge on any atom is 0.345 e. The Bertz CT molecular complexity index is 535. The van der Waals surface area contributed by atoms with Gasteiger partial charge in [-0.2, -0.15) is 4.98 Å². The van der Waals surface area contributed by atoms with E-state index in [1.54, 1.807) is 11.3 Å². The van der Waals surface area contributed by atoms with Crippen LogP contribution in [0.25, 0.3) is 10.6 Å². The van der Waals surface area contributed by atoms with Crippen LogP contribution in [0.3, 0.4) is 0 Å². The molecule has 0 aliphatic rings. The first-order valence-corrected chi connectivity index (χ1v) is 6.00. The molecule has 0 bridgehead atoms. The average molecular weight is 234 g/mol. The standard InChI is InChI=1S/C12H14N2OS/c1-12(2,3)10-7-8(13-11(15)14-10)9-5-4-6-16-9/h4-7H,1-3H3,(H,13,14,15). The van der Waals surface area contributed by atoms with Gasteiger partial charge in [-0.1, -0.05) is 26.8 Å². The van der Waals surface area contributed by atoms with Crippen LogP contribution >= 0.6 is 11.3 Å². The second kappa shape index (κ2) is 3.87. The third kappa shape index (κ3) is 2.22. The van der Waals surface area contributed by atoms with Crippen LogP contribution in [0.2, 0.25) is 0 Å². The predicted molar refractivity (Wildman–Crippen MR) is 66.9 cm³/mol. The normalized spacial score (nSPS) is 11.7. The highest BCUT2D eigenvalue weighted by Crippen LogP contribution is 2.25. The Morgan fingerprint density at radius 2 is 2.12 bits per heavy atom. The number of hydrogen-bond donors (Lipinski definition) is 1. The van der Waals surface area contributed by atoms with Gasteiger partial charge in [-0.05, 0) is 17.5 Å². The molecule has 0 aliphatic carbocycles. The summed E-state index contributed by atoms with van der Waals surface area (Å²) in [6.07, 6.45) is 0. The van der Waals surface area contributed by atoms with Crippen LogP contribution in [0.5, 0.6) is 0 Å². The molecule has 0 saturated heterocycles. The zero-order valence-corrected chi connectivity index (χ0v) is 10.4. The van der Waals surface area contributed by atoms with Crippen molar-refractivity contribution in [2.45, 2.75) is 26.2 Å². The van der Waals surface area contributed by atoms with Gasteiger partial charge in [0.25, 0.3) is 0 Å². The summed E-state index contributed by atoms with van der Waals surface area (Å²) in [5, 5.41) is 1.98. The van der Waals surface area contributed by atoms with Crippen molar-refractivity contribution in [3.8, 4) is 10.6 Å². The van der Waals surface area contributed by atoms with Crippen LogP contribution in [0.4, 0.5) is 0 Å². The molecule has 1 N–H and O–H groups in total. The monoisotopic (exact) mass is 234 g/mol. The molecule has 2 heterocycles. The lowest BCUT2D eigenvalue weighted by Gasteiger charge is -2.18. The molecule has 0 atom stereocenters. The van der Waals surface area contributed by atoms with Gasteiger partial charge in [-0.15, -0.1) is 11.3 Å². The first kappa shape index (κ1) is 11.1. The van der Waals surface area contributed by atoms with Gasteiger partial charge in [-0.25, -0.2) is 4.79 Å². The molecule has 2 aromatic rings. The first-order chi connectivity index (χ1) is 7.47. The van der Waals surface area contributed by atoms with E-state index in [0.717, 1.165) is 16.3 Å². The number of rotatable bonds is 1. The third-order valence-electron chi connectivity index (χ3n) is 2.33. The molecule has 0 radical (unpaired) electrons. The Morgan fingerprint density at radius 3 is 2.69 bits per heavy atom. The summed E-state index contributed by atoms with van der Waals surface area (Å²) >= 11 is 1.59. The number of thiophene rings is 1. The highest BCUT2D eigenvalue weighted by atomic mass is 32.1. The van der Waals surface area contributed by atoms with Gasteiger partial charge in [0, 0.05) is 11.1 Å². The van der Waals surface area contributed by atoms with Crippen molar-refractivity contribution in [2.24, 2.45) is 0 Å². The van der Waals surface area contributed by atoms with E-state index in [-0.39, 0.29) is 11.1 Å². The number of nitrogens with one attached hydrogen (secondary N) is 1. The van der Waals surface area contributed by atoms with Gasteiger partial charge >= 0.3 is 5.69 Å². The molecule has 0 unspecified atom stereocenters. The van der Waals surface area contributed by atoms with Gasteiger partial charge in [0.1, 0.15) is 0 Å². The van der Waals surface area contributed by atoms with Crippen molar-refractivity contribution >= 4 is 11.3 Å². The Morgan fingerprint density at radius 1 is 1.38 bits per heavy atom. The zero-order valence-electron chi connectivity index (χ0n) is 9.57. The summed E-state index contributed by atoms with van der Waals surface area (Å²) in [5.74, 6) is 0. The Kier molecular flexibility index (Phi) is 2.68. The molecule has 84 valence electrons. The lowest BCUT2D eigenvalue weighted by atomic mass is 9.91. The van der Waals surface area contributed by atoms with E-state index in [4.69, 9.17) is 0 Å². The molecule has 16 heavy (non-hydrogen) atoms. The van der Waals surface area contributed by atoms with Gasteiger partial charge < -0.3 is 4.98 Å². The molecule has 0 aliphatic heterocycles. The van der Waals surface area contributed by atoms with Gasteiger partial charge in [0.05, 0.1) is 10.6 Å². The van der Waals surface area contributed by atoms with Crippen LogP contribution in [-0.4, -0.2) is 9.97 Å². The minimum atomic E-state index is -0.282. The van der Waals surface area contributed by atoms with Gasteiger partial charge in [0.2, 0.25) is 0 Å². The number of hydrogen-bond acceptors (Lipinski definition) is 3. The lowest BCUT2D eigenvalue weighted by Crippen LogP contribution is -2.21. The fourth-order valence-electron chi connectivity index (χ4n) is 1.41. The fourth-order valence-corrected chi connectivity index (χ4v) is 2.10. The van der Waals surface area contributed by atoms with Crippen molar-refractivity contribution < 1.29 is 0 Å². The van der Waals surface area contributed by atoms with Crippen LogP contribution < -0.4 is 5.69 Å². The predicted octanol–water partition coefficient (Wildman–Crippen LogP) is 2.80. The number of H-pyrrole nitrogens is 1. The molecule has 4 heteroatoms. The molecule has 0 saturated carbocycles. The third-order valence-corrected chi connectivity index (χ3v) is 3.22. The van der Waals surface area contributed by atoms with E-state index in [9.17, 15) is 4.79 Å². The van der Waals surface area contributed by atoms with E-state index in [0.29, 0.717) is 0 Å². The highest BCUT2D eigenvalue weighted by molar-refractivity contribution is 7.13. The maximum absolute atomic E-state index is 11.5. The molecule has 0 fully saturated rings. The fraction of sp³-hybridized carbons (Fsp3) is 0.333. The Hall–Kier alpha value is -1.42. The molecular weight excluding hydrogens is 220 g/mol. The quantitative estimate of drug-likeness (QED) is 0.824. The molecule has 0 amide bonds. The summed E-state index contributed by atoms with van der Waals surface area (Å²) in [6, 6.07) is 5.88. The SMILES string of the molecule is CC(C)(C)c1cc(-c2cccs2)nc(=O)[nH]1. The summed E-state index contributed by atoms with van der Waals surface area (Å²) in [6.45, 7) is 6.20. The summed E-state index contributed by atoms with van der Waals surface area (Å²) in [5.41, 5.74) is 1.31. The number of aromatic amines is 1. The van der Waals surface area contributed by atoms with Crippen LogP contribution in [0, 0.1) is 0 Å². The maximum atomic E-state index is 11.5. The molecule has 3 nitrogen and oxygen atoms in total. The van der Waals surface area contributed by atoms with E-state index in [1.165, 1.54) is 0 Å². The molecule has 0 spiro atoms. The summed E-state index contributed by atoms with van der Waals surface area (Å²) in [4.78, 5) is 19.3. The van der Waals surface area contributed by atoms with E-state index >= 15 is 0 Å². The van der Waals surface area contributed by atoms with E-state index in [2.05, 4.69) is 30.7 Å². The van der Waals surface area contributed by atoms with Crippen molar-refractivity contribution in [1.82, 2.24) is 9.97 Å². The second-order valence-corrected chi connectivity index (χ2v) is 5.66. The highest BCUT2D eigenvalue weighted by Gasteiger charge is 2.16. The smallest absolute Gasteiger partial charge is 0.309 e. The van der Waals surface area contributed by atoms with Crippen molar-refractivity contribution in [1.29, 1.82) is 0 Å². The molecule has 0 aromatic carbocycles. The van der Waals surface area contributed by atoms with Gasteiger partial charge in [0.15, 0.2) is 0 Å². The second-order valence-electron chi connectivity index (χ2n) is 4.71. The average Bonchev–Trinajstić information content (AvgIpc) is 2.68. The Labute approximate surface area is 98.2 Å². The zero-order chi connectivity index (χ0) is 11.8. The van der Waals surface area contributed by atoms with Crippen LogP contribution in [0.15, 0.2) is 28.4 Å². The molecule has 2 rings (SSSR count). The van der Waals surface area contributed by atoms with Crippen molar-refractivity contribution in [3.05, 3.63) is 39.8 Å². The minimum absolute atomic E-state index is 0.0753. The molecule has 2 aromatic heterocycles. The summed E-state index contributed by atoms with van der Waals surface area (Å²) in [7, 11) is 0. The largest absolute Gasteiger partial charge is 0.345 e. The van der Waals surface area contributed by atoms with Crippen molar-refractivity contribution in [2.75, 3.05) is 0 Å². The lowest BCUT2D eigenvalue weighted by molar-refractivity contribution is 0.564.